The molecular formula is C17H17FN2. The van der Waals surface area contributed by atoms with Crippen LogP contribution in [0.5, 0.6) is 0 Å². The molecule has 0 aliphatic rings. The largest absolute Gasteiger partial charge is 0.323 e. The number of aromatic nitrogens is 1. The third-order valence-corrected chi connectivity index (χ3v) is 3.62. The van der Waals surface area contributed by atoms with E-state index in [1.165, 1.54) is 17.1 Å². The first kappa shape index (κ1) is 12.9. The minimum absolute atomic E-state index is 0.160. The van der Waals surface area contributed by atoms with Crippen molar-refractivity contribution in [3.05, 3.63) is 65.7 Å². The molecule has 0 amide bonds. The highest BCUT2D eigenvalue weighted by Crippen LogP contribution is 2.29. The SMILES string of the molecule is CNCc1c(-c2ccc(F)c(C)c2)cn2ccccc12. The van der Waals surface area contributed by atoms with E-state index in [4.69, 9.17) is 0 Å². The smallest absolute Gasteiger partial charge is 0.126 e. The van der Waals surface area contributed by atoms with Crippen molar-refractivity contribution in [2.24, 2.45) is 0 Å². The van der Waals surface area contributed by atoms with Gasteiger partial charge in [-0.2, -0.15) is 0 Å². The summed E-state index contributed by atoms with van der Waals surface area (Å²) in [6, 6.07) is 11.4. The van der Waals surface area contributed by atoms with Crippen LogP contribution in [0.3, 0.4) is 0 Å². The third-order valence-electron chi connectivity index (χ3n) is 3.62. The molecule has 1 aromatic carbocycles. The number of hydrogen-bond donors (Lipinski definition) is 1. The first-order chi connectivity index (χ1) is 9.70. The predicted octanol–water partition coefficient (Wildman–Crippen LogP) is 3.77. The fourth-order valence-electron chi connectivity index (χ4n) is 2.60. The molecule has 20 heavy (non-hydrogen) atoms. The van der Waals surface area contributed by atoms with Gasteiger partial charge in [0, 0.05) is 24.5 Å². The maximum Gasteiger partial charge on any atom is 0.126 e. The molecule has 0 unspecified atom stereocenters. The Morgan fingerprint density at radius 2 is 2.05 bits per heavy atom. The standard InChI is InChI=1S/C17H17FN2/c1-12-9-13(6-7-16(12)18)15-11-20-8-4-3-5-17(20)14(15)10-19-2/h3-9,11,19H,10H2,1-2H3. The van der Waals surface area contributed by atoms with Crippen LogP contribution in [0, 0.1) is 12.7 Å². The highest BCUT2D eigenvalue weighted by molar-refractivity contribution is 5.77. The second-order valence-electron chi connectivity index (χ2n) is 5.01. The molecule has 0 fully saturated rings. The second kappa shape index (κ2) is 5.10. The molecule has 102 valence electrons. The number of pyridine rings is 1. The van der Waals surface area contributed by atoms with E-state index in [0.717, 1.165) is 17.7 Å². The molecular weight excluding hydrogens is 251 g/mol. The average Bonchev–Trinajstić information content (AvgIpc) is 2.82. The highest BCUT2D eigenvalue weighted by atomic mass is 19.1. The van der Waals surface area contributed by atoms with Gasteiger partial charge in [0.05, 0.1) is 5.52 Å². The minimum atomic E-state index is -0.160. The summed E-state index contributed by atoms with van der Waals surface area (Å²) in [7, 11) is 1.94. The number of nitrogens with zero attached hydrogens (tertiary/aromatic N) is 1. The Labute approximate surface area is 117 Å². The van der Waals surface area contributed by atoms with Crippen LogP contribution in [-0.2, 0) is 6.54 Å². The zero-order valence-electron chi connectivity index (χ0n) is 11.7. The zero-order valence-corrected chi connectivity index (χ0v) is 11.7. The summed E-state index contributed by atoms with van der Waals surface area (Å²) in [6.45, 7) is 2.58. The second-order valence-corrected chi connectivity index (χ2v) is 5.01. The Bertz CT molecular complexity index is 759. The Kier molecular flexibility index (Phi) is 3.28. The minimum Gasteiger partial charge on any atom is -0.323 e. The van der Waals surface area contributed by atoms with Crippen LogP contribution in [0.4, 0.5) is 4.39 Å². The topological polar surface area (TPSA) is 16.4 Å². The van der Waals surface area contributed by atoms with E-state index >= 15 is 0 Å². The lowest BCUT2D eigenvalue weighted by molar-refractivity contribution is 0.619. The molecule has 3 aromatic rings. The van der Waals surface area contributed by atoms with Crippen molar-refractivity contribution in [2.75, 3.05) is 7.05 Å². The van der Waals surface area contributed by atoms with E-state index in [9.17, 15) is 4.39 Å². The van der Waals surface area contributed by atoms with Crippen molar-refractivity contribution < 1.29 is 4.39 Å². The summed E-state index contributed by atoms with van der Waals surface area (Å²) in [5.41, 5.74) is 5.29. The number of benzene rings is 1. The van der Waals surface area contributed by atoms with Gasteiger partial charge < -0.3 is 9.72 Å². The molecule has 0 atom stereocenters. The van der Waals surface area contributed by atoms with Crippen molar-refractivity contribution in [1.82, 2.24) is 9.72 Å². The summed E-state index contributed by atoms with van der Waals surface area (Å²) >= 11 is 0. The van der Waals surface area contributed by atoms with Gasteiger partial charge in [-0.25, -0.2) is 4.39 Å². The van der Waals surface area contributed by atoms with E-state index in [1.807, 2.05) is 37.5 Å². The molecule has 1 N–H and O–H groups in total. The quantitative estimate of drug-likeness (QED) is 0.765. The molecule has 2 aromatic heterocycles. The molecule has 2 nitrogen and oxygen atoms in total. The van der Waals surface area contributed by atoms with Gasteiger partial charge in [0.2, 0.25) is 0 Å². The molecule has 2 heterocycles. The number of halogens is 1. The van der Waals surface area contributed by atoms with E-state index in [1.54, 1.807) is 6.92 Å². The number of aryl methyl sites for hydroxylation is 1. The van der Waals surface area contributed by atoms with E-state index in [2.05, 4.69) is 22.0 Å². The summed E-state index contributed by atoms with van der Waals surface area (Å²) in [4.78, 5) is 0. The summed E-state index contributed by atoms with van der Waals surface area (Å²) in [6.07, 6.45) is 4.14. The van der Waals surface area contributed by atoms with Crippen molar-refractivity contribution in [2.45, 2.75) is 13.5 Å². The highest BCUT2D eigenvalue weighted by Gasteiger charge is 2.12. The fraction of sp³-hybridized carbons (Fsp3) is 0.176. The number of nitrogens with one attached hydrogen (secondary N) is 1. The van der Waals surface area contributed by atoms with Crippen LogP contribution in [0.15, 0.2) is 48.8 Å². The predicted molar refractivity (Wildman–Crippen MR) is 80.3 cm³/mol. The number of hydrogen-bond acceptors (Lipinski definition) is 1. The van der Waals surface area contributed by atoms with E-state index in [-0.39, 0.29) is 5.82 Å². The Morgan fingerprint density at radius 3 is 2.80 bits per heavy atom. The van der Waals surface area contributed by atoms with Crippen LogP contribution in [0.1, 0.15) is 11.1 Å². The lowest BCUT2D eigenvalue weighted by Crippen LogP contribution is -2.05. The molecule has 3 rings (SSSR count). The van der Waals surface area contributed by atoms with Gasteiger partial charge >= 0.3 is 0 Å². The van der Waals surface area contributed by atoms with Crippen LogP contribution >= 0.6 is 0 Å². The lowest BCUT2D eigenvalue weighted by Gasteiger charge is -2.06. The van der Waals surface area contributed by atoms with Crippen molar-refractivity contribution in [3.63, 3.8) is 0 Å². The Morgan fingerprint density at radius 1 is 1.20 bits per heavy atom. The van der Waals surface area contributed by atoms with Gasteiger partial charge in [0.25, 0.3) is 0 Å². The fourth-order valence-corrected chi connectivity index (χ4v) is 2.60. The average molecular weight is 268 g/mol. The molecule has 0 saturated carbocycles. The number of fused-ring (bicyclic) bond motifs is 1. The van der Waals surface area contributed by atoms with Crippen molar-refractivity contribution in [3.8, 4) is 11.1 Å². The molecule has 0 saturated heterocycles. The van der Waals surface area contributed by atoms with Crippen LogP contribution in [-0.4, -0.2) is 11.4 Å². The van der Waals surface area contributed by atoms with Gasteiger partial charge in [-0.05, 0) is 54.9 Å². The molecule has 0 spiro atoms. The van der Waals surface area contributed by atoms with Crippen molar-refractivity contribution in [1.29, 1.82) is 0 Å². The van der Waals surface area contributed by atoms with Gasteiger partial charge in [-0.1, -0.05) is 12.1 Å². The normalized spacial score (nSPS) is 11.2. The maximum atomic E-state index is 13.4. The van der Waals surface area contributed by atoms with Gasteiger partial charge in [0.15, 0.2) is 0 Å². The first-order valence-electron chi connectivity index (χ1n) is 6.70. The van der Waals surface area contributed by atoms with Crippen LogP contribution < -0.4 is 5.32 Å². The van der Waals surface area contributed by atoms with E-state index in [0.29, 0.717) is 5.56 Å². The lowest BCUT2D eigenvalue weighted by atomic mass is 10.0. The summed E-state index contributed by atoms with van der Waals surface area (Å²) < 4.78 is 15.6. The van der Waals surface area contributed by atoms with Gasteiger partial charge in [-0.15, -0.1) is 0 Å². The van der Waals surface area contributed by atoms with Crippen molar-refractivity contribution >= 4 is 5.52 Å². The van der Waals surface area contributed by atoms with Crippen LogP contribution in [0.25, 0.3) is 16.6 Å². The molecule has 0 bridgehead atoms. The zero-order chi connectivity index (χ0) is 14.1. The Balaban J connectivity index is 2.23. The first-order valence-corrected chi connectivity index (χ1v) is 6.70. The maximum absolute atomic E-state index is 13.4. The molecule has 0 radical (unpaired) electrons. The van der Waals surface area contributed by atoms with Gasteiger partial charge in [-0.3, -0.25) is 0 Å². The monoisotopic (exact) mass is 268 g/mol. The molecule has 3 heteroatoms. The van der Waals surface area contributed by atoms with E-state index < -0.39 is 0 Å². The van der Waals surface area contributed by atoms with Gasteiger partial charge in [0.1, 0.15) is 5.82 Å². The molecule has 0 aliphatic heterocycles. The van der Waals surface area contributed by atoms with Crippen LogP contribution in [0.2, 0.25) is 0 Å². The summed E-state index contributed by atoms with van der Waals surface area (Å²) in [5, 5.41) is 3.21. The number of rotatable bonds is 3. The molecule has 0 aliphatic carbocycles. The Hall–Kier alpha value is -2.13. The third kappa shape index (κ3) is 2.10. The summed E-state index contributed by atoms with van der Waals surface area (Å²) in [5.74, 6) is -0.160.